The van der Waals surface area contributed by atoms with Crippen LogP contribution < -0.4 is 10.1 Å². The van der Waals surface area contributed by atoms with Crippen molar-refractivity contribution in [3.8, 4) is 5.75 Å². The Morgan fingerprint density at radius 3 is 2.36 bits per heavy atom. The second kappa shape index (κ2) is 8.06. The molecule has 0 fully saturated rings. The van der Waals surface area contributed by atoms with E-state index in [-0.39, 0.29) is 28.7 Å². The number of rotatable bonds is 7. The van der Waals surface area contributed by atoms with Gasteiger partial charge in [0.1, 0.15) is 5.75 Å². The molecule has 1 N–H and O–H groups in total. The summed E-state index contributed by atoms with van der Waals surface area (Å²) in [6, 6.07) is 12.1. The molecule has 0 aliphatic carbocycles. The lowest BCUT2D eigenvalue weighted by Crippen LogP contribution is -2.14. The molecule has 2 aromatic carbocycles. The Balaban J connectivity index is 1.96. The molecule has 0 heterocycles. The lowest BCUT2D eigenvalue weighted by atomic mass is 10.1. The molecule has 0 spiro atoms. The lowest BCUT2D eigenvalue weighted by Gasteiger charge is -2.10. The van der Waals surface area contributed by atoms with Gasteiger partial charge in [0.05, 0.1) is 10.6 Å². The Bertz CT molecular complexity index is 836. The van der Waals surface area contributed by atoms with E-state index < -0.39 is 16.4 Å². The number of hydrogen-bond acceptors (Lipinski definition) is 4. The molecule has 0 atom stereocenters. The molecule has 1 amide bonds. The normalized spacial score (nSPS) is 11.4. The van der Waals surface area contributed by atoms with Gasteiger partial charge in [-0.15, -0.1) is 0 Å². The molecule has 2 aromatic rings. The van der Waals surface area contributed by atoms with E-state index in [1.807, 2.05) is 0 Å². The third-order valence-corrected chi connectivity index (χ3v) is 4.50. The molecule has 5 nitrogen and oxygen atoms in total. The number of ether oxygens (including phenoxy) is 1. The monoisotopic (exact) mass is 369 g/mol. The van der Waals surface area contributed by atoms with E-state index in [4.69, 9.17) is 0 Å². The quantitative estimate of drug-likeness (QED) is 0.813. The number of sulfone groups is 1. The summed E-state index contributed by atoms with van der Waals surface area (Å²) < 4.78 is 51.8. The molecule has 2 rings (SSSR count). The number of hydrogen-bond donors (Lipinski definition) is 1. The summed E-state index contributed by atoms with van der Waals surface area (Å²) in [6.45, 7) is -2.88. The minimum Gasteiger partial charge on any atom is -0.435 e. The van der Waals surface area contributed by atoms with Crippen LogP contribution in [-0.4, -0.2) is 27.2 Å². The molecule has 0 saturated heterocycles. The molecular formula is C17H17F2NO4S. The van der Waals surface area contributed by atoms with E-state index in [2.05, 4.69) is 10.1 Å². The van der Waals surface area contributed by atoms with Crippen molar-refractivity contribution >= 4 is 21.4 Å². The van der Waals surface area contributed by atoms with Crippen molar-refractivity contribution in [1.82, 2.24) is 0 Å². The van der Waals surface area contributed by atoms with Crippen LogP contribution in [0.5, 0.6) is 5.75 Å². The van der Waals surface area contributed by atoms with Gasteiger partial charge in [-0.1, -0.05) is 24.3 Å². The van der Waals surface area contributed by atoms with E-state index in [0.717, 1.165) is 11.8 Å². The van der Waals surface area contributed by atoms with Gasteiger partial charge in [-0.05, 0) is 36.2 Å². The second-order valence-corrected chi connectivity index (χ2v) is 7.32. The summed E-state index contributed by atoms with van der Waals surface area (Å²) in [5.74, 6) is -0.297. The molecule has 0 radical (unpaired) electrons. The molecule has 0 bridgehead atoms. The van der Waals surface area contributed by atoms with Gasteiger partial charge in [0.25, 0.3) is 0 Å². The van der Waals surface area contributed by atoms with Gasteiger partial charge in [-0.25, -0.2) is 8.42 Å². The van der Waals surface area contributed by atoms with Crippen molar-refractivity contribution in [1.29, 1.82) is 0 Å². The van der Waals surface area contributed by atoms with Crippen molar-refractivity contribution in [3.05, 3.63) is 54.1 Å². The number of nitrogens with one attached hydrogen (secondary N) is 1. The average Bonchev–Trinajstić information content (AvgIpc) is 2.53. The Kier molecular flexibility index (Phi) is 6.08. The van der Waals surface area contributed by atoms with E-state index in [1.165, 1.54) is 24.3 Å². The number of carbonyl (C=O) groups is 1. The summed E-state index contributed by atoms with van der Waals surface area (Å²) >= 11 is 0. The molecule has 0 aliphatic heterocycles. The van der Waals surface area contributed by atoms with Crippen LogP contribution in [0.4, 0.5) is 14.5 Å². The van der Waals surface area contributed by atoms with E-state index in [1.54, 1.807) is 24.3 Å². The molecule has 8 heteroatoms. The van der Waals surface area contributed by atoms with Crippen LogP contribution in [0.3, 0.4) is 0 Å². The highest BCUT2D eigenvalue weighted by Crippen LogP contribution is 2.21. The SMILES string of the molecule is CS(=O)(=O)c1ccccc1NC(=O)CCc1ccc(OC(F)F)cc1. The van der Waals surface area contributed by atoms with Gasteiger partial charge < -0.3 is 10.1 Å². The van der Waals surface area contributed by atoms with Crippen LogP contribution in [0.25, 0.3) is 0 Å². The number of anilines is 1. The maximum Gasteiger partial charge on any atom is 0.387 e. The zero-order valence-corrected chi connectivity index (χ0v) is 14.2. The summed E-state index contributed by atoms with van der Waals surface area (Å²) in [6.07, 6.45) is 1.57. The first-order valence-corrected chi connectivity index (χ1v) is 9.27. The van der Waals surface area contributed by atoms with Crippen molar-refractivity contribution in [3.63, 3.8) is 0 Å². The van der Waals surface area contributed by atoms with Crippen LogP contribution in [0.15, 0.2) is 53.4 Å². The molecule has 0 aromatic heterocycles. The highest BCUT2D eigenvalue weighted by Gasteiger charge is 2.14. The maximum absolute atomic E-state index is 12.1. The Hall–Kier alpha value is -2.48. The van der Waals surface area contributed by atoms with Gasteiger partial charge in [0.15, 0.2) is 9.84 Å². The van der Waals surface area contributed by atoms with Crippen molar-refractivity contribution in [2.75, 3.05) is 11.6 Å². The maximum atomic E-state index is 12.1. The average molecular weight is 369 g/mol. The first-order chi connectivity index (χ1) is 11.8. The fourth-order valence-corrected chi connectivity index (χ4v) is 3.05. The lowest BCUT2D eigenvalue weighted by molar-refractivity contribution is -0.116. The largest absolute Gasteiger partial charge is 0.435 e. The van der Waals surface area contributed by atoms with Crippen LogP contribution in [0.1, 0.15) is 12.0 Å². The predicted molar refractivity (Wildman–Crippen MR) is 89.6 cm³/mol. The fraction of sp³-hybridized carbons (Fsp3) is 0.235. The van der Waals surface area contributed by atoms with E-state index >= 15 is 0 Å². The van der Waals surface area contributed by atoms with Gasteiger partial charge in [0, 0.05) is 12.7 Å². The first-order valence-electron chi connectivity index (χ1n) is 7.38. The molecule has 0 aliphatic rings. The number of alkyl halides is 2. The van der Waals surface area contributed by atoms with Gasteiger partial charge in [-0.3, -0.25) is 4.79 Å². The number of carbonyl (C=O) groups excluding carboxylic acids is 1. The van der Waals surface area contributed by atoms with Gasteiger partial charge in [-0.2, -0.15) is 8.78 Å². The van der Waals surface area contributed by atoms with Crippen LogP contribution in [0, 0.1) is 0 Å². The summed E-state index contributed by atoms with van der Waals surface area (Å²) in [4.78, 5) is 12.1. The number of aryl methyl sites for hydroxylation is 1. The fourth-order valence-electron chi connectivity index (χ4n) is 2.20. The number of para-hydroxylation sites is 1. The number of amides is 1. The van der Waals surface area contributed by atoms with Crippen LogP contribution in [0.2, 0.25) is 0 Å². The Morgan fingerprint density at radius 2 is 1.76 bits per heavy atom. The summed E-state index contributed by atoms with van der Waals surface area (Å²) in [7, 11) is -3.45. The minimum atomic E-state index is -3.45. The highest BCUT2D eigenvalue weighted by molar-refractivity contribution is 7.90. The smallest absolute Gasteiger partial charge is 0.387 e. The second-order valence-electron chi connectivity index (χ2n) is 5.34. The Labute approximate surface area is 144 Å². The van der Waals surface area contributed by atoms with Gasteiger partial charge >= 0.3 is 6.61 Å². The Morgan fingerprint density at radius 1 is 1.12 bits per heavy atom. The predicted octanol–water partition coefficient (Wildman–Crippen LogP) is 3.26. The zero-order chi connectivity index (χ0) is 18.4. The van der Waals surface area contributed by atoms with Gasteiger partial charge in [0.2, 0.25) is 5.91 Å². The molecule has 0 saturated carbocycles. The van der Waals surface area contributed by atoms with Crippen molar-refractivity contribution in [2.45, 2.75) is 24.3 Å². The third-order valence-electron chi connectivity index (χ3n) is 3.35. The van der Waals surface area contributed by atoms with Crippen LogP contribution >= 0.6 is 0 Å². The number of halogens is 2. The third kappa shape index (κ3) is 5.82. The molecular weight excluding hydrogens is 352 g/mol. The summed E-state index contributed by atoms with van der Waals surface area (Å²) in [5.41, 5.74) is 1.00. The summed E-state index contributed by atoms with van der Waals surface area (Å²) in [5, 5.41) is 2.58. The zero-order valence-electron chi connectivity index (χ0n) is 13.4. The van der Waals surface area contributed by atoms with Crippen molar-refractivity contribution < 1.29 is 26.7 Å². The van der Waals surface area contributed by atoms with E-state index in [0.29, 0.717) is 6.42 Å². The topological polar surface area (TPSA) is 72.5 Å². The standard InChI is InChI=1S/C17H17F2NO4S/c1-25(22,23)15-5-3-2-4-14(15)20-16(21)11-8-12-6-9-13(10-7-12)24-17(18)19/h2-7,9-10,17H,8,11H2,1H3,(H,20,21). The molecule has 134 valence electrons. The number of benzene rings is 2. The molecule has 0 unspecified atom stereocenters. The molecule has 25 heavy (non-hydrogen) atoms. The highest BCUT2D eigenvalue weighted by atomic mass is 32.2. The first kappa shape index (κ1) is 18.9. The van der Waals surface area contributed by atoms with Crippen molar-refractivity contribution in [2.24, 2.45) is 0 Å². The minimum absolute atomic E-state index is 0.0466. The van der Waals surface area contributed by atoms with Crippen LogP contribution in [-0.2, 0) is 21.1 Å². The van der Waals surface area contributed by atoms with E-state index in [9.17, 15) is 22.0 Å².